The Bertz CT molecular complexity index is 2010. The molecule has 460 valence electrons. The van der Waals surface area contributed by atoms with E-state index in [1.54, 1.807) is 4.90 Å². The molecule has 8 N–H and O–H groups in total. The first-order valence-corrected chi connectivity index (χ1v) is 29.9. The van der Waals surface area contributed by atoms with Crippen LogP contribution in [0.25, 0.3) is 0 Å². The summed E-state index contributed by atoms with van der Waals surface area (Å²) < 4.78 is 0. The van der Waals surface area contributed by atoms with Crippen LogP contribution in [0, 0.1) is 17.8 Å². The van der Waals surface area contributed by atoms with Crippen molar-refractivity contribution in [3.63, 3.8) is 0 Å². The molecular formula is C59H109N11O10. The lowest BCUT2D eigenvalue weighted by atomic mass is 9.96. The summed E-state index contributed by atoms with van der Waals surface area (Å²) in [6.07, 6.45) is 10.8. The molecule has 10 amide bonds. The smallest absolute Gasteiger partial charge is 0.246 e. The highest BCUT2D eigenvalue weighted by Crippen LogP contribution is 2.26. The van der Waals surface area contributed by atoms with Crippen molar-refractivity contribution in [2.24, 2.45) is 17.8 Å². The lowest BCUT2D eigenvalue weighted by Crippen LogP contribution is -2.65. The average molecular weight is 1130 g/mol. The highest BCUT2D eigenvalue weighted by atomic mass is 16.2. The normalized spacial score (nSPS) is 15.8. The van der Waals surface area contributed by atoms with Crippen molar-refractivity contribution >= 4 is 59.6 Å². The molecule has 1 heterocycles. The van der Waals surface area contributed by atoms with Gasteiger partial charge in [0.05, 0.1) is 0 Å². The van der Waals surface area contributed by atoms with Crippen LogP contribution in [-0.4, -0.2) is 161 Å². The molecule has 1 rings (SSSR count). The van der Waals surface area contributed by atoms with E-state index >= 15 is 0 Å². The zero-order valence-electron chi connectivity index (χ0n) is 52.3. The Hall–Kier alpha value is -5.34. The second kappa shape index (κ2) is 35.5. The van der Waals surface area contributed by atoms with Crippen LogP contribution in [0.2, 0.25) is 0 Å². The van der Waals surface area contributed by atoms with E-state index in [0.717, 1.165) is 51.4 Å². The average Bonchev–Trinajstić information content (AvgIpc) is 3.82. The van der Waals surface area contributed by atoms with Crippen LogP contribution in [0.5, 0.6) is 0 Å². The summed E-state index contributed by atoms with van der Waals surface area (Å²) in [4.78, 5) is 142. The first kappa shape index (κ1) is 72.7. The zero-order chi connectivity index (χ0) is 61.1. The lowest BCUT2D eigenvalue weighted by Gasteiger charge is -2.38. The summed E-state index contributed by atoms with van der Waals surface area (Å²) in [7, 11) is 3.80. The van der Waals surface area contributed by atoms with Gasteiger partial charge in [-0.25, -0.2) is 0 Å². The first-order chi connectivity index (χ1) is 37.2. The minimum absolute atomic E-state index is 0.0312. The van der Waals surface area contributed by atoms with Crippen molar-refractivity contribution in [2.45, 2.75) is 266 Å². The summed E-state index contributed by atoms with van der Waals surface area (Å²) in [5.41, 5.74) is -4.65. The van der Waals surface area contributed by atoms with Gasteiger partial charge in [0.2, 0.25) is 59.6 Å². The number of hydrogen-bond acceptors (Lipinski definition) is 11. The van der Waals surface area contributed by atoms with Gasteiger partial charge in [-0.2, -0.15) is 0 Å². The van der Waals surface area contributed by atoms with Gasteiger partial charge in [0.1, 0.15) is 46.9 Å². The molecule has 0 aromatic rings. The maximum Gasteiger partial charge on any atom is 0.246 e. The number of likely N-dealkylation sites (tertiary alicyclic amines) is 1. The molecule has 0 aliphatic carbocycles. The molecular weight excluding hydrogens is 1020 g/mol. The Labute approximate surface area is 480 Å². The van der Waals surface area contributed by atoms with Gasteiger partial charge in [0.15, 0.2) is 0 Å². The van der Waals surface area contributed by atoms with Crippen molar-refractivity contribution in [1.29, 1.82) is 0 Å². The Balaban J connectivity index is 3.30. The van der Waals surface area contributed by atoms with E-state index in [-0.39, 0.29) is 67.8 Å². The third kappa shape index (κ3) is 26.5. The number of nitrogens with one attached hydrogen (secondary N) is 8. The van der Waals surface area contributed by atoms with E-state index in [0.29, 0.717) is 51.6 Å². The molecule has 0 spiro atoms. The minimum Gasteiger partial charge on any atom is -0.354 e. The highest BCUT2D eigenvalue weighted by Gasteiger charge is 2.42. The van der Waals surface area contributed by atoms with E-state index in [2.05, 4.69) is 56.4 Å². The van der Waals surface area contributed by atoms with E-state index in [4.69, 9.17) is 0 Å². The topological polar surface area (TPSA) is 277 Å². The number of amides is 10. The monoisotopic (exact) mass is 1130 g/mol. The highest BCUT2D eigenvalue weighted by molar-refractivity contribution is 5.99. The van der Waals surface area contributed by atoms with Crippen LogP contribution in [0.15, 0.2) is 0 Å². The maximum absolute atomic E-state index is 14.6. The molecule has 21 heteroatoms. The Kier molecular flexibility index (Phi) is 32.3. The fraction of sp³-hybridized carbons (Fsp3) is 0.831. The SMILES string of the molecule is CCCCCCCC[C@@H](C(=O)N[C@@H](CC(C)C)C(=O)NC(C)(C)C(=O)N[C@@H](CC(C)C)C(=O)N[C@@H](CC(C)C)C(=O)NC(C)(C)C(=O)NC(C)(C)C(=O)NCCC(=O)N[C@@H](C)CN(C)C)N(C=O)[C@@H]1CCCN1C(=O)CCCCC. The van der Waals surface area contributed by atoms with Gasteiger partial charge in [-0.1, -0.05) is 107 Å². The summed E-state index contributed by atoms with van der Waals surface area (Å²) in [5, 5.41) is 22.4. The molecule has 0 radical (unpaired) electrons. The lowest BCUT2D eigenvalue weighted by molar-refractivity contribution is -0.146. The molecule has 21 nitrogen and oxygen atoms in total. The van der Waals surface area contributed by atoms with Crippen LogP contribution in [0.1, 0.15) is 213 Å². The Morgan fingerprint density at radius 3 is 1.55 bits per heavy atom. The van der Waals surface area contributed by atoms with Crippen molar-refractivity contribution in [3.05, 3.63) is 0 Å². The fourth-order valence-electron chi connectivity index (χ4n) is 9.74. The number of carbonyl (C=O) groups excluding carboxylic acids is 10. The molecule has 1 fully saturated rings. The van der Waals surface area contributed by atoms with E-state index in [1.807, 2.05) is 67.5 Å². The van der Waals surface area contributed by atoms with Gasteiger partial charge in [0, 0.05) is 38.5 Å². The van der Waals surface area contributed by atoms with Crippen LogP contribution in [-0.2, 0) is 47.9 Å². The van der Waals surface area contributed by atoms with E-state index in [9.17, 15) is 47.9 Å². The predicted octanol–water partition coefficient (Wildman–Crippen LogP) is 4.94. The second-order valence-corrected chi connectivity index (χ2v) is 25.4. The number of carbonyl (C=O) groups is 10. The number of likely N-dealkylation sites (N-methyl/N-ethyl adjacent to an activating group) is 1. The first-order valence-electron chi connectivity index (χ1n) is 29.9. The van der Waals surface area contributed by atoms with Crippen LogP contribution >= 0.6 is 0 Å². The Morgan fingerprint density at radius 1 is 0.562 bits per heavy atom. The van der Waals surface area contributed by atoms with Crippen molar-refractivity contribution in [2.75, 3.05) is 33.7 Å². The van der Waals surface area contributed by atoms with E-state index in [1.165, 1.54) is 46.4 Å². The minimum atomic E-state index is -1.63. The molecule has 0 aromatic heterocycles. The second-order valence-electron chi connectivity index (χ2n) is 25.4. The molecule has 1 aliphatic rings. The number of rotatable bonds is 39. The van der Waals surface area contributed by atoms with Gasteiger partial charge < -0.3 is 57.2 Å². The van der Waals surface area contributed by atoms with Crippen molar-refractivity contribution < 1.29 is 47.9 Å². The van der Waals surface area contributed by atoms with Gasteiger partial charge in [-0.15, -0.1) is 0 Å². The van der Waals surface area contributed by atoms with Gasteiger partial charge in [0.25, 0.3) is 0 Å². The number of unbranched alkanes of at least 4 members (excludes halogenated alkanes) is 7. The molecule has 0 aromatic carbocycles. The molecule has 6 atom stereocenters. The van der Waals surface area contributed by atoms with Gasteiger partial charge in [-0.05, 0) is 125 Å². The summed E-state index contributed by atoms with van der Waals surface area (Å²) in [6, 6.07) is -4.48. The molecule has 0 unspecified atom stereocenters. The number of nitrogens with zero attached hydrogens (tertiary/aromatic N) is 3. The van der Waals surface area contributed by atoms with Crippen molar-refractivity contribution in [1.82, 2.24) is 57.2 Å². The molecule has 0 saturated carbocycles. The van der Waals surface area contributed by atoms with Crippen LogP contribution in [0.4, 0.5) is 0 Å². The third-order valence-electron chi connectivity index (χ3n) is 14.2. The molecule has 0 bridgehead atoms. The predicted molar refractivity (Wildman–Crippen MR) is 313 cm³/mol. The molecule has 1 saturated heterocycles. The standard InChI is InChI=1S/C59H109N11O10/c1-18-20-22-23-24-26-28-46(70(38-71)48-29-27-33-69(48)49(73)30-25-21-19-2)53(77)63-45(36-41(7)8)52(76)65-58(12,13)55(79)64-43(34-39(3)4)50(74)62-44(35-40(5)6)51(75)66-59(14,15)56(80)67-57(10,11)54(78)60-32-31-47(72)61-42(9)37-68(16)17/h38-46,48H,18-37H2,1-17H3,(H,60,78)(H,61,72)(H,62,74)(H,63,77)(H,64,79)(H,65,76)(H,66,75)(H,67,80)/t42-,43-,44-,45-,46-,48+/m0/s1. The summed E-state index contributed by atoms with van der Waals surface area (Å²) in [6.45, 7) is 27.4. The maximum atomic E-state index is 14.6. The Morgan fingerprint density at radius 2 is 1.04 bits per heavy atom. The molecule has 1 aliphatic heterocycles. The quantitative estimate of drug-likeness (QED) is 0.0302. The van der Waals surface area contributed by atoms with Crippen molar-refractivity contribution in [3.8, 4) is 0 Å². The van der Waals surface area contributed by atoms with Gasteiger partial charge >= 0.3 is 0 Å². The van der Waals surface area contributed by atoms with E-state index < -0.39 is 88.3 Å². The summed E-state index contributed by atoms with van der Waals surface area (Å²) in [5.74, 6) is -5.02. The summed E-state index contributed by atoms with van der Waals surface area (Å²) >= 11 is 0. The fourth-order valence-corrected chi connectivity index (χ4v) is 9.74. The third-order valence-corrected chi connectivity index (χ3v) is 14.2. The van der Waals surface area contributed by atoms with Gasteiger partial charge in [-0.3, -0.25) is 47.9 Å². The van der Waals surface area contributed by atoms with Crippen LogP contribution in [0.3, 0.4) is 0 Å². The largest absolute Gasteiger partial charge is 0.354 e. The van der Waals surface area contributed by atoms with Crippen LogP contribution < -0.4 is 42.5 Å². The molecule has 80 heavy (non-hydrogen) atoms. The zero-order valence-corrected chi connectivity index (χ0v) is 52.3. The number of hydrogen-bond donors (Lipinski definition) is 8.